The molecule has 0 fully saturated rings. The Kier molecular flexibility index (Phi) is 3.44. The van der Waals surface area contributed by atoms with Crippen LogP contribution in [0.2, 0.25) is 0 Å². The van der Waals surface area contributed by atoms with Gasteiger partial charge in [-0.1, -0.05) is 24.3 Å². The molecule has 18 heavy (non-hydrogen) atoms. The molecule has 0 unspecified atom stereocenters. The zero-order chi connectivity index (χ0) is 13.1. The number of carboxylic acids is 1. The van der Waals surface area contributed by atoms with Gasteiger partial charge in [0.25, 0.3) is 0 Å². The van der Waals surface area contributed by atoms with Crippen LogP contribution in [0.15, 0.2) is 42.5 Å². The average molecular weight is 242 g/mol. The van der Waals surface area contributed by atoms with Gasteiger partial charge in [0.2, 0.25) is 0 Å². The lowest BCUT2D eigenvalue weighted by Gasteiger charge is -2.08. The molecular weight excluding hydrogens is 228 g/mol. The summed E-state index contributed by atoms with van der Waals surface area (Å²) in [6, 6.07) is 12.6. The molecule has 2 aromatic rings. The van der Waals surface area contributed by atoms with Gasteiger partial charge in [-0.3, -0.25) is 0 Å². The van der Waals surface area contributed by atoms with Crippen LogP contribution in [0.4, 0.5) is 0 Å². The van der Waals surface area contributed by atoms with E-state index in [0.717, 1.165) is 22.3 Å². The molecule has 0 atom stereocenters. The van der Waals surface area contributed by atoms with E-state index < -0.39 is 5.97 Å². The van der Waals surface area contributed by atoms with Crippen LogP contribution in [0.1, 0.15) is 21.5 Å². The summed E-state index contributed by atoms with van der Waals surface area (Å²) in [7, 11) is 0. The van der Waals surface area contributed by atoms with Crippen molar-refractivity contribution in [1.82, 2.24) is 0 Å². The quantitative estimate of drug-likeness (QED) is 0.870. The summed E-state index contributed by atoms with van der Waals surface area (Å²) in [5, 5.41) is 18.0. The monoisotopic (exact) mass is 242 g/mol. The molecule has 0 bridgehead atoms. The molecule has 92 valence electrons. The first-order chi connectivity index (χ1) is 8.61. The molecule has 2 rings (SSSR count). The smallest absolute Gasteiger partial charge is 0.335 e. The third-order valence-corrected chi connectivity index (χ3v) is 2.89. The Morgan fingerprint density at radius 1 is 1.17 bits per heavy atom. The average Bonchev–Trinajstić information content (AvgIpc) is 2.38. The van der Waals surface area contributed by atoms with Gasteiger partial charge in [0.1, 0.15) is 0 Å². The first-order valence-electron chi connectivity index (χ1n) is 5.66. The predicted octanol–water partition coefficient (Wildman–Crippen LogP) is 2.85. The maximum absolute atomic E-state index is 10.9. The third-order valence-electron chi connectivity index (χ3n) is 2.89. The maximum atomic E-state index is 10.9. The number of hydrogen-bond donors (Lipinski definition) is 2. The molecule has 0 aliphatic rings. The van der Waals surface area contributed by atoms with Crippen LogP contribution in [-0.4, -0.2) is 16.2 Å². The number of hydrogen-bond acceptors (Lipinski definition) is 2. The van der Waals surface area contributed by atoms with Gasteiger partial charge in [0, 0.05) is 0 Å². The molecule has 0 saturated heterocycles. The number of aryl methyl sites for hydroxylation is 1. The molecule has 2 N–H and O–H groups in total. The van der Waals surface area contributed by atoms with Crippen molar-refractivity contribution in [3.8, 4) is 11.1 Å². The SMILES string of the molecule is Cc1cc(C(=O)O)ccc1-c1cccc(CO)c1. The van der Waals surface area contributed by atoms with Crippen molar-refractivity contribution in [3.63, 3.8) is 0 Å². The number of benzene rings is 2. The van der Waals surface area contributed by atoms with E-state index in [1.807, 2.05) is 31.2 Å². The van der Waals surface area contributed by atoms with Crippen LogP contribution in [0, 0.1) is 6.92 Å². The van der Waals surface area contributed by atoms with E-state index >= 15 is 0 Å². The molecule has 0 radical (unpaired) electrons. The van der Waals surface area contributed by atoms with E-state index in [0.29, 0.717) is 0 Å². The van der Waals surface area contributed by atoms with Gasteiger partial charge in [0.15, 0.2) is 0 Å². The number of aliphatic hydroxyl groups is 1. The first kappa shape index (κ1) is 12.3. The summed E-state index contributed by atoms with van der Waals surface area (Å²) < 4.78 is 0. The second-order valence-corrected chi connectivity index (χ2v) is 4.19. The van der Waals surface area contributed by atoms with Crippen LogP contribution in [0.25, 0.3) is 11.1 Å². The van der Waals surface area contributed by atoms with Gasteiger partial charge in [-0.15, -0.1) is 0 Å². The zero-order valence-corrected chi connectivity index (χ0v) is 10.1. The minimum atomic E-state index is -0.922. The molecule has 0 saturated carbocycles. The Morgan fingerprint density at radius 3 is 2.56 bits per heavy atom. The number of carboxylic acid groups (broad SMARTS) is 1. The Hall–Kier alpha value is -2.13. The highest BCUT2D eigenvalue weighted by atomic mass is 16.4. The molecule has 0 spiro atoms. The van der Waals surface area contributed by atoms with E-state index in [2.05, 4.69) is 0 Å². The summed E-state index contributed by atoms with van der Waals surface area (Å²) >= 11 is 0. The number of carbonyl (C=O) groups is 1. The fraction of sp³-hybridized carbons (Fsp3) is 0.133. The summed E-state index contributed by atoms with van der Waals surface area (Å²) in [6.07, 6.45) is 0. The molecule has 0 heterocycles. The van der Waals surface area contributed by atoms with Crippen LogP contribution >= 0.6 is 0 Å². The largest absolute Gasteiger partial charge is 0.478 e. The fourth-order valence-corrected chi connectivity index (χ4v) is 1.96. The molecule has 0 aliphatic heterocycles. The van der Waals surface area contributed by atoms with Gasteiger partial charge in [-0.25, -0.2) is 4.79 Å². The molecule has 2 aromatic carbocycles. The van der Waals surface area contributed by atoms with Crippen molar-refractivity contribution in [2.45, 2.75) is 13.5 Å². The highest BCUT2D eigenvalue weighted by molar-refractivity contribution is 5.89. The van der Waals surface area contributed by atoms with Crippen LogP contribution in [0.5, 0.6) is 0 Å². The summed E-state index contributed by atoms with van der Waals surface area (Å²) in [5.74, 6) is -0.922. The van der Waals surface area contributed by atoms with Gasteiger partial charge < -0.3 is 10.2 Å². The van der Waals surface area contributed by atoms with Crippen LogP contribution < -0.4 is 0 Å². The van der Waals surface area contributed by atoms with E-state index in [9.17, 15) is 4.79 Å². The van der Waals surface area contributed by atoms with Crippen molar-refractivity contribution in [1.29, 1.82) is 0 Å². The van der Waals surface area contributed by atoms with E-state index in [-0.39, 0.29) is 12.2 Å². The van der Waals surface area contributed by atoms with Gasteiger partial charge in [-0.2, -0.15) is 0 Å². The lowest BCUT2D eigenvalue weighted by atomic mass is 9.97. The van der Waals surface area contributed by atoms with E-state index in [1.54, 1.807) is 18.2 Å². The molecule has 0 amide bonds. The van der Waals surface area contributed by atoms with Gasteiger partial charge >= 0.3 is 5.97 Å². The Balaban J connectivity index is 2.47. The predicted molar refractivity (Wildman–Crippen MR) is 69.5 cm³/mol. The van der Waals surface area contributed by atoms with Crippen molar-refractivity contribution in [3.05, 3.63) is 59.2 Å². The summed E-state index contributed by atoms with van der Waals surface area (Å²) in [4.78, 5) is 10.9. The number of rotatable bonds is 3. The topological polar surface area (TPSA) is 57.5 Å². The summed E-state index contributed by atoms with van der Waals surface area (Å²) in [5.41, 5.74) is 4.00. The number of aliphatic hydroxyl groups excluding tert-OH is 1. The van der Waals surface area contributed by atoms with Crippen molar-refractivity contribution >= 4 is 5.97 Å². The molecule has 0 aromatic heterocycles. The van der Waals surface area contributed by atoms with Crippen LogP contribution in [-0.2, 0) is 6.61 Å². The fourth-order valence-electron chi connectivity index (χ4n) is 1.96. The number of aromatic carboxylic acids is 1. The summed E-state index contributed by atoms with van der Waals surface area (Å²) in [6.45, 7) is 1.88. The Morgan fingerprint density at radius 2 is 1.94 bits per heavy atom. The highest BCUT2D eigenvalue weighted by Crippen LogP contribution is 2.25. The first-order valence-corrected chi connectivity index (χ1v) is 5.66. The zero-order valence-electron chi connectivity index (χ0n) is 10.1. The maximum Gasteiger partial charge on any atom is 0.335 e. The standard InChI is InChI=1S/C15H14O3/c1-10-7-13(15(17)18)5-6-14(10)12-4-2-3-11(8-12)9-16/h2-8,16H,9H2,1H3,(H,17,18). The van der Waals surface area contributed by atoms with Gasteiger partial charge in [-0.05, 0) is 47.4 Å². The molecular formula is C15H14O3. The van der Waals surface area contributed by atoms with E-state index in [1.165, 1.54) is 0 Å². The molecule has 0 aliphatic carbocycles. The molecule has 3 nitrogen and oxygen atoms in total. The Bertz CT molecular complexity index is 588. The molecule has 3 heteroatoms. The van der Waals surface area contributed by atoms with Crippen molar-refractivity contribution < 1.29 is 15.0 Å². The lowest BCUT2D eigenvalue weighted by Crippen LogP contribution is -1.97. The minimum absolute atomic E-state index is 0.0000963. The lowest BCUT2D eigenvalue weighted by molar-refractivity contribution is 0.0697. The Labute approximate surface area is 105 Å². The second-order valence-electron chi connectivity index (χ2n) is 4.19. The van der Waals surface area contributed by atoms with Crippen molar-refractivity contribution in [2.75, 3.05) is 0 Å². The van der Waals surface area contributed by atoms with Crippen molar-refractivity contribution in [2.24, 2.45) is 0 Å². The highest BCUT2D eigenvalue weighted by Gasteiger charge is 2.07. The minimum Gasteiger partial charge on any atom is -0.478 e. The van der Waals surface area contributed by atoms with Gasteiger partial charge in [0.05, 0.1) is 12.2 Å². The second kappa shape index (κ2) is 5.02. The normalized spacial score (nSPS) is 10.3. The van der Waals surface area contributed by atoms with E-state index in [4.69, 9.17) is 10.2 Å². The van der Waals surface area contributed by atoms with Crippen LogP contribution in [0.3, 0.4) is 0 Å². The third kappa shape index (κ3) is 2.41.